The van der Waals surface area contributed by atoms with Crippen molar-refractivity contribution in [3.63, 3.8) is 0 Å². The molecule has 0 aromatic heterocycles. The Bertz CT molecular complexity index is 871. The van der Waals surface area contributed by atoms with Gasteiger partial charge in [-0.2, -0.15) is 10.5 Å². The Balaban J connectivity index is 1.56. The summed E-state index contributed by atoms with van der Waals surface area (Å²) in [6.07, 6.45) is 1.95. The summed E-state index contributed by atoms with van der Waals surface area (Å²) in [7, 11) is 0. The van der Waals surface area contributed by atoms with E-state index in [-0.39, 0.29) is 18.4 Å². The van der Waals surface area contributed by atoms with Crippen molar-refractivity contribution in [2.75, 3.05) is 6.61 Å². The third-order valence-corrected chi connectivity index (χ3v) is 4.60. The minimum Gasteiger partial charge on any atom is -0.484 e. The van der Waals surface area contributed by atoms with E-state index in [0.29, 0.717) is 11.3 Å². The molecule has 0 aliphatic heterocycles. The summed E-state index contributed by atoms with van der Waals surface area (Å²) >= 11 is 0. The Morgan fingerprint density at radius 3 is 2.19 bits per heavy atom. The SMILES string of the molecule is C[C@@](C#N)(NC(=O)COc1ccc(-c2ccc(C#N)cc2)cc1)C1CC1. The average molecular weight is 345 g/mol. The van der Waals surface area contributed by atoms with Gasteiger partial charge < -0.3 is 10.1 Å². The second-order valence-corrected chi connectivity index (χ2v) is 6.64. The first-order valence-corrected chi connectivity index (χ1v) is 8.50. The van der Waals surface area contributed by atoms with E-state index >= 15 is 0 Å². The lowest BCUT2D eigenvalue weighted by Crippen LogP contribution is -2.48. The number of nitrogens with one attached hydrogen (secondary N) is 1. The molecule has 2 aromatic carbocycles. The molecule has 1 fully saturated rings. The number of nitriles is 2. The molecule has 1 saturated carbocycles. The molecule has 1 atom stereocenters. The van der Waals surface area contributed by atoms with Gasteiger partial charge in [0.2, 0.25) is 0 Å². The first kappa shape index (κ1) is 17.5. The van der Waals surface area contributed by atoms with Crippen molar-refractivity contribution in [1.29, 1.82) is 10.5 Å². The molecule has 1 aliphatic carbocycles. The highest BCUT2D eigenvalue weighted by atomic mass is 16.5. The van der Waals surface area contributed by atoms with Crippen molar-refractivity contribution in [2.45, 2.75) is 25.3 Å². The lowest BCUT2D eigenvalue weighted by Gasteiger charge is -2.22. The molecule has 3 rings (SSSR count). The van der Waals surface area contributed by atoms with Crippen LogP contribution in [0.15, 0.2) is 48.5 Å². The van der Waals surface area contributed by atoms with Crippen LogP contribution in [0.2, 0.25) is 0 Å². The average Bonchev–Trinajstić information content (AvgIpc) is 3.53. The number of nitrogens with zero attached hydrogens (tertiary/aromatic N) is 2. The van der Waals surface area contributed by atoms with Gasteiger partial charge in [0.25, 0.3) is 5.91 Å². The Kier molecular flexibility index (Phi) is 4.91. The van der Waals surface area contributed by atoms with Crippen LogP contribution in [0.5, 0.6) is 5.75 Å². The van der Waals surface area contributed by atoms with Crippen molar-refractivity contribution in [2.24, 2.45) is 5.92 Å². The number of hydrogen-bond acceptors (Lipinski definition) is 4. The second-order valence-electron chi connectivity index (χ2n) is 6.64. The molecule has 26 heavy (non-hydrogen) atoms. The predicted molar refractivity (Wildman–Crippen MR) is 97.0 cm³/mol. The molecule has 1 amide bonds. The van der Waals surface area contributed by atoms with E-state index in [4.69, 9.17) is 10.00 Å². The minimum atomic E-state index is -0.806. The van der Waals surface area contributed by atoms with Crippen LogP contribution >= 0.6 is 0 Å². The van der Waals surface area contributed by atoms with E-state index in [1.54, 1.807) is 31.2 Å². The fourth-order valence-corrected chi connectivity index (χ4v) is 2.84. The van der Waals surface area contributed by atoms with Crippen LogP contribution < -0.4 is 10.1 Å². The topological polar surface area (TPSA) is 85.9 Å². The van der Waals surface area contributed by atoms with Gasteiger partial charge in [-0.05, 0) is 61.1 Å². The fraction of sp³-hybridized carbons (Fsp3) is 0.286. The number of ether oxygens (including phenoxy) is 1. The maximum atomic E-state index is 12.1. The van der Waals surface area contributed by atoms with Gasteiger partial charge in [-0.15, -0.1) is 0 Å². The van der Waals surface area contributed by atoms with Crippen molar-refractivity contribution < 1.29 is 9.53 Å². The molecule has 0 spiro atoms. The summed E-state index contributed by atoms with van der Waals surface area (Å²) in [6.45, 7) is 1.63. The molecule has 130 valence electrons. The molecule has 0 heterocycles. The lowest BCUT2D eigenvalue weighted by molar-refractivity contribution is -0.124. The molecule has 5 heteroatoms. The van der Waals surface area contributed by atoms with Gasteiger partial charge in [0.05, 0.1) is 17.7 Å². The zero-order valence-electron chi connectivity index (χ0n) is 14.5. The highest BCUT2D eigenvalue weighted by molar-refractivity contribution is 5.79. The van der Waals surface area contributed by atoms with E-state index in [9.17, 15) is 10.1 Å². The zero-order valence-corrected chi connectivity index (χ0v) is 14.5. The standard InChI is InChI=1S/C21H19N3O2/c1-21(14-23,18-8-9-18)24-20(25)13-26-19-10-6-17(7-11-19)16-4-2-15(12-22)3-5-16/h2-7,10-11,18H,8-9,13H2,1H3,(H,24,25)/t21-/m0/s1. The second kappa shape index (κ2) is 7.29. The third kappa shape index (κ3) is 4.02. The van der Waals surface area contributed by atoms with Crippen LogP contribution in [-0.4, -0.2) is 18.1 Å². The smallest absolute Gasteiger partial charge is 0.259 e. The number of hydrogen-bond donors (Lipinski definition) is 1. The normalized spacial score (nSPS) is 15.2. The van der Waals surface area contributed by atoms with Crippen LogP contribution in [0.4, 0.5) is 0 Å². The summed E-state index contributed by atoms with van der Waals surface area (Å²) in [5, 5.41) is 20.9. The fourth-order valence-electron chi connectivity index (χ4n) is 2.84. The third-order valence-electron chi connectivity index (χ3n) is 4.60. The van der Waals surface area contributed by atoms with Gasteiger partial charge in [0.15, 0.2) is 6.61 Å². The van der Waals surface area contributed by atoms with E-state index < -0.39 is 5.54 Å². The molecular formula is C21H19N3O2. The summed E-state index contributed by atoms with van der Waals surface area (Å²) in [4.78, 5) is 12.1. The lowest BCUT2D eigenvalue weighted by atomic mass is 9.98. The molecule has 0 unspecified atom stereocenters. The maximum absolute atomic E-state index is 12.1. The number of carbonyl (C=O) groups is 1. The molecule has 1 N–H and O–H groups in total. The van der Waals surface area contributed by atoms with Crippen molar-refractivity contribution in [1.82, 2.24) is 5.32 Å². The Morgan fingerprint density at radius 1 is 1.12 bits per heavy atom. The Labute approximate surface area is 152 Å². The predicted octanol–water partition coefficient (Wildman–Crippen LogP) is 3.41. The first-order valence-electron chi connectivity index (χ1n) is 8.50. The van der Waals surface area contributed by atoms with Crippen LogP contribution in [0.3, 0.4) is 0 Å². The maximum Gasteiger partial charge on any atom is 0.259 e. The van der Waals surface area contributed by atoms with Crippen molar-refractivity contribution in [3.05, 3.63) is 54.1 Å². The van der Waals surface area contributed by atoms with E-state index in [1.165, 1.54) is 0 Å². The first-order chi connectivity index (χ1) is 12.5. The zero-order chi connectivity index (χ0) is 18.6. The van der Waals surface area contributed by atoms with Crippen LogP contribution in [0, 0.1) is 28.6 Å². The quantitative estimate of drug-likeness (QED) is 0.869. The van der Waals surface area contributed by atoms with Gasteiger partial charge in [0, 0.05) is 0 Å². The van der Waals surface area contributed by atoms with E-state index in [0.717, 1.165) is 24.0 Å². The molecule has 1 aliphatic rings. The summed E-state index contributed by atoms with van der Waals surface area (Å²) < 4.78 is 5.52. The van der Waals surface area contributed by atoms with Gasteiger partial charge in [-0.3, -0.25) is 4.79 Å². The van der Waals surface area contributed by atoms with Crippen LogP contribution in [0.1, 0.15) is 25.3 Å². The Morgan fingerprint density at radius 2 is 1.69 bits per heavy atom. The molecule has 0 bridgehead atoms. The summed E-state index contributed by atoms with van der Waals surface area (Å²) in [5.74, 6) is 0.530. The highest BCUT2D eigenvalue weighted by Gasteiger charge is 2.43. The minimum absolute atomic E-state index is 0.125. The van der Waals surface area contributed by atoms with Crippen molar-refractivity contribution >= 4 is 5.91 Å². The Hall–Kier alpha value is -3.31. The van der Waals surface area contributed by atoms with E-state index in [2.05, 4.69) is 17.5 Å². The summed E-state index contributed by atoms with van der Waals surface area (Å²) in [6, 6.07) is 19.0. The summed E-state index contributed by atoms with van der Waals surface area (Å²) in [5.41, 5.74) is 1.81. The van der Waals surface area contributed by atoms with E-state index in [1.807, 2.05) is 24.3 Å². The number of rotatable bonds is 6. The number of amides is 1. The monoisotopic (exact) mass is 345 g/mol. The van der Waals surface area contributed by atoms with Crippen molar-refractivity contribution in [3.8, 4) is 29.0 Å². The van der Waals surface area contributed by atoms with Gasteiger partial charge in [-0.1, -0.05) is 24.3 Å². The van der Waals surface area contributed by atoms with Gasteiger partial charge >= 0.3 is 0 Å². The highest BCUT2D eigenvalue weighted by Crippen LogP contribution is 2.39. The molecule has 2 aromatic rings. The van der Waals surface area contributed by atoms with Gasteiger partial charge in [0.1, 0.15) is 11.3 Å². The van der Waals surface area contributed by atoms with Gasteiger partial charge in [-0.25, -0.2) is 0 Å². The molecular weight excluding hydrogens is 326 g/mol. The number of benzene rings is 2. The van der Waals surface area contributed by atoms with Crippen LogP contribution in [-0.2, 0) is 4.79 Å². The van der Waals surface area contributed by atoms with Crippen LogP contribution in [0.25, 0.3) is 11.1 Å². The largest absolute Gasteiger partial charge is 0.484 e. The molecule has 0 saturated heterocycles. The number of carbonyl (C=O) groups excluding carboxylic acids is 1. The molecule has 0 radical (unpaired) electrons. The molecule has 5 nitrogen and oxygen atoms in total.